The maximum Gasteiger partial charge on any atom is 0.118 e. The zero-order chi connectivity index (χ0) is 7.68. The maximum atomic E-state index is 5.05. The second-order valence-electron chi connectivity index (χ2n) is 2.73. The van der Waals surface area contributed by atoms with E-state index in [1.165, 1.54) is 5.56 Å². The van der Waals surface area contributed by atoms with Crippen LogP contribution in [0.3, 0.4) is 0 Å². The van der Waals surface area contributed by atoms with Crippen molar-refractivity contribution in [2.45, 2.75) is 6.04 Å². The van der Waals surface area contributed by atoms with Gasteiger partial charge in [-0.3, -0.25) is 0 Å². The Morgan fingerprint density at radius 3 is 2.45 bits per heavy atom. The zero-order valence-corrected chi connectivity index (χ0v) is 6.50. The lowest BCUT2D eigenvalue weighted by atomic mass is 10.1. The van der Waals surface area contributed by atoms with Crippen LogP contribution in [0.4, 0.5) is 0 Å². The summed E-state index contributed by atoms with van der Waals surface area (Å²) in [6.07, 6.45) is 0. The van der Waals surface area contributed by atoms with E-state index in [1.54, 1.807) is 7.11 Å². The van der Waals surface area contributed by atoms with E-state index in [9.17, 15) is 0 Å². The highest BCUT2D eigenvalue weighted by molar-refractivity contribution is 5.31. The summed E-state index contributed by atoms with van der Waals surface area (Å²) in [6, 6.07) is 8.79. The molecule has 1 atom stereocenters. The maximum absolute atomic E-state index is 5.05. The first-order valence-corrected chi connectivity index (χ1v) is 3.77. The van der Waals surface area contributed by atoms with E-state index in [0.29, 0.717) is 6.04 Å². The third-order valence-corrected chi connectivity index (χ3v) is 1.93. The van der Waals surface area contributed by atoms with E-state index in [-0.39, 0.29) is 0 Å². The highest BCUT2D eigenvalue weighted by atomic mass is 16.5. The Labute approximate surface area is 66.2 Å². The topological polar surface area (TPSA) is 31.2 Å². The van der Waals surface area contributed by atoms with E-state index in [0.717, 1.165) is 12.3 Å². The van der Waals surface area contributed by atoms with Crippen molar-refractivity contribution < 1.29 is 4.74 Å². The first-order chi connectivity index (χ1) is 5.40. The SMILES string of the molecule is COc1ccc([C@H]2CN2)cc1. The first kappa shape index (κ1) is 6.68. The average Bonchev–Trinajstić information content (AvgIpc) is 2.87. The first-order valence-electron chi connectivity index (χ1n) is 3.77. The van der Waals surface area contributed by atoms with E-state index >= 15 is 0 Å². The largest absolute Gasteiger partial charge is 0.497 e. The molecule has 1 fully saturated rings. The highest BCUT2D eigenvalue weighted by Gasteiger charge is 2.21. The summed E-state index contributed by atoms with van der Waals surface area (Å²) in [6.45, 7) is 1.12. The average molecular weight is 149 g/mol. The van der Waals surface area contributed by atoms with Crippen molar-refractivity contribution in [3.8, 4) is 5.75 Å². The molecule has 1 aromatic carbocycles. The Kier molecular flexibility index (Phi) is 1.55. The van der Waals surface area contributed by atoms with Gasteiger partial charge in [-0.25, -0.2) is 0 Å². The van der Waals surface area contributed by atoms with E-state index < -0.39 is 0 Å². The van der Waals surface area contributed by atoms with Gasteiger partial charge in [0.05, 0.1) is 7.11 Å². The molecule has 58 valence electrons. The predicted molar refractivity (Wildman–Crippen MR) is 43.7 cm³/mol. The molecule has 2 heteroatoms. The second kappa shape index (κ2) is 2.55. The Bertz CT molecular complexity index is 238. The lowest BCUT2D eigenvalue weighted by Gasteiger charge is -1.99. The molecule has 11 heavy (non-hydrogen) atoms. The summed E-state index contributed by atoms with van der Waals surface area (Å²) < 4.78 is 5.05. The molecule has 0 spiro atoms. The van der Waals surface area contributed by atoms with Gasteiger partial charge in [0.15, 0.2) is 0 Å². The van der Waals surface area contributed by atoms with Gasteiger partial charge >= 0.3 is 0 Å². The van der Waals surface area contributed by atoms with Crippen LogP contribution in [0.2, 0.25) is 0 Å². The Balaban J connectivity index is 2.19. The van der Waals surface area contributed by atoms with Crippen LogP contribution >= 0.6 is 0 Å². The molecule has 0 radical (unpaired) electrons. The van der Waals surface area contributed by atoms with Gasteiger partial charge in [-0.15, -0.1) is 0 Å². The third-order valence-electron chi connectivity index (χ3n) is 1.93. The molecule has 0 aromatic heterocycles. The van der Waals surface area contributed by atoms with Crippen molar-refractivity contribution >= 4 is 0 Å². The number of methoxy groups -OCH3 is 1. The quantitative estimate of drug-likeness (QED) is 0.643. The van der Waals surface area contributed by atoms with Gasteiger partial charge in [-0.05, 0) is 17.7 Å². The van der Waals surface area contributed by atoms with Crippen molar-refractivity contribution in [1.82, 2.24) is 5.32 Å². The van der Waals surface area contributed by atoms with Crippen molar-refractivity contribution in [2.75, 3.05) is 13.7 Å². The third kappa shape index (κ3) is 1.35. The summed E-state index contributed by atoms with van der Waals surface area (Å²) in [5, 5.41) is 3.25. The molecule has 0 saturated carbocycles. The molecule has 1 saturated heterocycles. The molecule has 1 aliphatic rings. The van der Waals surface area contributed by atoms with Gasteiger partial charge < -0.3 is 10.1 Å². The van der Waals surface area contributed by atoms with Crippen molar-refractivity contribution in [3.63, 3.8) is 0 Å². The molecule has 0 aliphatic carbocycles. The molecule has 1 N–H and O–H groups in total. The Morgan fingerprint density at radius 1 is 1.36 bits per heavy atom. The van der Waals surface area contributed by atoms with Crippen LogP contribution in [-0.4, -0.2) is 13.7 Å². The van der Waals surface area contributed by atoms with Crippen molar-refractivity contribution in [3.05, 3.63) is 29.8 Å². The molecule has 2 rings (SSSR count). The van der Waals surface area contributed by atoms with Crippen LogP contribution in [0.15, 0.2) is 24.3 Å². The lowest BCUT2D eigenvalue weighted by molar-refractivity contribution is 0.414. The number of nitrogens with one attached hydrogen (secondary N) is 1. The minimum Gasteiger partial charge on any atom is -0.497 e. The number of ether oxygens (including phenoxy) is 1. The van der Waals surface area contributed by atoms with Crippen molar-refractivity contribution in [1.29, 1.82) is 0 Å². The molecular weight excluding hydrogens is 138 g/mol. The number of rotatable bonds is 2. The second-order valence-corrected chi connectivity index (χ2v) is 2.73. The molecular formula is C9H11NO. The molecule has 1 aliphatic heterocycles. The van der Waals surface area contributed by atoms with Crippen LogP contribution in [0.25, 0.3) is 0 Å². The molecule has 2 nitrogen and oxygen atoms in total. The summed E-state index contributed by atoms with van der Waals surface area (Å²) in [4.78, 5) is 0. The number of hydrogen-bond donors (Lipinski definition) is 1. The van der Waals surface area contributed by atoms with Gasteiger partial charge in [0, 0.05) is 12.6 Å². The summed E-state index contributed by atoms with van der Waals surface area (Å²) in [5.74, 6) is 0.925. The van der Waals surface area contributed by atoms with Crippen LogP contribution in [-0.2, 0) is 0 Å². The predicted octanol–water partition coefficient (Wildman–Crippen LogP) is 1.34. The molecule has 0 unspecified atom stereocenters. The normalized spacial score (nSPS) is 21.4. The van der Waals surface area contributed by atoms with Gasteiger partial charge in [0.2, 0.25) is 0 Å². The van der Waals surface area contributed by atoms with Gasteiger partial charge in [0.1, 0.15) is 5.75 Å². The minimum atomic E-state index is 0.598. The van der Waals surface area contributed by atoms with Crippen LogP contribution < -0.4 is 10.1 Å². The summed E-state index contributed by atoms with van der Waals surface area (Å²) >= 11 is 0. The van der Waals surface area contributed by atoms with E-state index in [2.05, 4.69) is 17.4 Å². The van der Waals surface area contributed by atoms with Crippen LogP contribution in [0, 0.1) is 0 Å². The molecule has 0 bridgehead atoms. The van der Waals surface area contributed by atoms with Gasteiger partial charge in [-0.2, -0.15) is 0 Å². The van der Waals surface area contributed by atoms with Crippen LogP contribution in [0.1, 0.15) is 11.6 Å². The Hall–Kier alpha value is -1.02. The standard InChI is InChI=1S/C9H11NO/c1-11-8-4-2-7(3-5-8)9-6-10-9/h2-5,9-10H,6H2,1H3/t9-/m1/s1. The number of hydrogen-bond acceptors (Lipinski definition) is 2. The summed E-state index contributed by atoms with van der Waals surface area (Å²) in [5.41, 5.74) is 1.35. The molecule has 1 aromatic rings. The molecule has 0 amide bonds. The summed E-state index contributed by atoms with van der Waals surface area (Å²) in [7, 11) is 1.68. The van der Waals surface area contributed by atoms with Gasteiger partial charge in [-0.1, -0.05) is 12.1 Å². The lowest BCUT2D eigenvalue weighted by Crippen LogP contribution is -1.85. The molecule has 1 heterocycles. The van der Waals surface area contributed by atoms with E-state index in [1.807, 2.05) is 12.1 Å². The minimum absolute atomic E-state index is 0.598. The van der Waals surface area contributed by atoms with Gasteiger partial charge in [0.25, 0.3) is 0 Å². The fraction of sp³-hybridized carbons (Fsp3) is 0.333. The van der Waals surface area contributed by atoms with Crippen LogP contribution in [0.5, 0.6) is 5.75 Å². The number of benzene rings is 1. The smallest absolute Gasteiger partial charge is 0.118 e. The zero-order valence-electron chi connectivity index (χ0n) is 6.50. The monoisotopic (exact) mass is 149 g/mol. The van der Waals surface area contributed by atoms with Crippen molar-refractivity contribution in [2.24, 2.45) is 0 Å². The van der Waals surface area contributed by atoms with E-state index in [4.69, 9.17) is 4.74 Å². The Morgan fingerprint density at radius 2 is 2.00 bits per heavy atom. The highest BCUT2D eigenvalue weighted by Crippen LogP contribution is 2.23. The fourth-order valence-electron chi connectivity index (χ4n) is 1.13. The fourth-order valence-corrected chi connectivity index (χ4v) is 1.13.